The van der Waals surface area contributed by atoms with Crippen LogP contribution in [-0.2, 0) is 20.0 Å². The number of sulfonamides is 2. The second kappa shape index (κ2) is 8.49. The lowest BCUT2D eigenvalue weighted by molar-refractivity contribution is 0.217. The second-order valence-electron chi connectivity index (χ2n) is 5.05. The zero-order valence-corrected chi connectivity index (χ0v) is 15.9. The van der Waals surface area contributed by atoms with Gasteiger partial charge in [-0.2, -0.15) is 0 Å². The van der Waals surface area contributed by atoms with Gasteiger partial charge in [-0.05, 0) is 62.6 Å². The van der Waals surface area contributed by atoms with Gasteiger partial charge < -0.3 is 9.47 Å². The van der Waals surface area contributed by atoms with Gasteiger partial charge in [-0.1, -0.05) is 0 Å². The highest BCUT2D eigenvalue weighted by atomic mass is 32.2. The molecule has 0 bridgehead atoms. The monoisotopic (exact) mass is 400 g/mol. The highest BCUT2D eigenvalue weighted by molar-refractivity contribution is 7.89. The molecule has 2 N–H and O–H groups in total. The van der Waals surface area contributed by atoms with Crippen LogP contribution in [0.4, 0.5) is 0 Å². The fraction of sp³-hybridized carbons (Fsp3) is 0.250. The summed E-state index contributed by atoms with van der Waals surface area (Å²) in [5, 5.41) is 0. The van der Waals surface area contributed by atoms with Crippen LogP contribution in [0.2, 0.25) is 0 Å². The summed E-state index contributed by atoms with van der Waals surface area (Å²) in [6, 6.07) is 12.0. The molecule has 0 aliphatic rings. The average Bonchev–Trinajstić information content (AvgIpc) is 2.66. The lowest BCUT2D eigenvalue weighted by atomic mass is 10.3. The summed E-state index contributed by atoms with van der Waals surface area (Å²) >= 11 is 0. The van der Waals surface area contributed by atoms with Crippen molar-refractivity contribution in [3.8, 4) is 11.5 Å². The van der Waals surface area contributed by atoms with E-state index in [1.807, 2.05) is 0 Å². The number of ether oxygens (including phenoxy) is 2. The molecular formula is C16H20N2O6S2. The average molecular weight is 400 g/mol. The molecule has 0 aliphatic carbocycles. The summed E-state index contributed by atoms with van der Waals surface area (Å²) in [6.07, 6.45) is 0. The molecule has 0 aliphatic heterocycles. The van der Waals surface area contributed by atoms with E-state index < -0.39 is 20.0 Å². The van der Waals surface area contributed by atoms with Crippen molar-refractivity contribution in [2.45, 2.75) is 9.79 Å². The van der Waals surface area contributed by atoms with E-state index in [1.165, 1.54) is 38.4 Å². The van der Waals surface area contributed by atoms with E-state index in [0.29, 0.717) is 11.5 Å². The Bertz CT molecular complexity index is 844. The van der Waals surface area contributed by atoms with Crippen molar-refractivity contribution in [3.05, 3.63) is 48.5 Å². The Labute approximate surface area is 153 Å². The zero-order chi connectivity index (χ0) is 19.2. The van der Waals surface area contributed by atoms with Crippen molar-refractivity contribution in [2.75, 3.05) is 27.3 Å². The molecule has 10 heteroatoms. The third-order valence-electron chi connectivity index (χ3n) is 3.43. The van der Waals surface area contributed by atoms with E-state index in [9.17, 15) is 16.8 Å². The van der Waals surface area contributed by atoms with Crippen LogP contribution in [0.3, 0.4) is 0 Å². The van der Waals surface area contributed by atoms with Gasteiger partial charge in [-0.25, -0.2) is 26.3 Å². The number of hydrogen-bond donors (Lipinski definition) is 2. The molecule has 0 saturated heterocycles. The van der Waals surface area contributed by atoms with Crippen molar-refractivity contribution in [1.29, 1.82) is 0 Å². The van der Waals surface area contributed by atoms with E-state index in [1.54, 1.807) is 24.3 Å². The van der Waals surface area contributed by atoms with Crippen LogP contribution in [-0.4, -0.2) is 44.1 Å². The fourth-order valence-corrected chi connectivity index (χ4v) is 3.44. The maximum absolute atomic E-state index is 11.6. The molecule has 2 rings (SSSR count). The van der Waals surface area contributed by atoms with Gasteiger partial charge in [0.05, 0.1) is 9.79 Å². The molecule has 0 aromatic heterocycles. The first-order chi connectivity index (χ1) is 12.3. The summed E-state index contributed by atoms with van der Waals surface area (Å²) in [5.41, 5.74) is 0. The van der Waals surface area contributed by atoms with Crippen LogP contribution in [0.1, 0.15) is 0 Å². The van der Waals surface area contributed by atoms with Gasteiger partial charge in [0.15, 0.2) is 0 Å². The van der Waals surface area contributed by atoms with E-state index in [-0.39, 0.29) is 23.0 Å². The number of nitrogens with one attached hydrogen (secondary N) is 2. The van der Waals surface area contributed by atoms with Crippen molar-refractivity contribution >= 4 is 20.0 Å². The summed E-state index contributed by atoms with van der Waals surface area (Å²) in [7, 11) is -4.25. The van der Waals surface area contributed by atoms with E-state index in [0.717, 1.165) is 0 Å². The molecule has 26 heavy (non-hydrogen) atoms. The fourth-order valence-electron chi connectivity index (χ4n) is 1.98. The molecule has 8 nitrogen and oxygen atoms in total. The van der Waals surface area contributed by atoms with E-state index in [2.05, 4.69) is 9.44 Å². The van der Waals surface area contributed by atoms with Gasteiger partial charge in [-0.3, -0.25) is 0 Å². The van der Waals surface area contributed by atoms with Crippen LogP contribution >= 0.6 is 0 Å². The summed E-state index contributed by atoms with van der Waals surface area (Å²) < 4.78 is 61.9. The smallest absolute Gasteiger partial charge is 0.240 e. The predicted octanol–water partition coefficient (Wildman–Crippen LogP) is 0.961. The minimum Gasteiger partial charge on any atom is -0.490 e. The number of rotatable bonds is 9. The van der Waals surface area contributed by atoms with Crippen molar-refractivity contribution in [1.82, 2.24) is 9.44 Å². The summed E-state index contributed by atoms with van der Waals surface area (Å²) in [6.45, 7) is 0.489. The third-order valence-corrected chi connectivity index (χ3v) is 6.29. The van der Waals surface area contributed by atoms with Gasteiger partial charge >= 0.3 is 0 Å². The predicted molar refractivity (Wildman–Crippen MR) is 96.4 cm³/mol. The molecule has 0 unspecified atom stereocenters. The summed E-state index contributed by atoms with van der Waals surface area (Å²) in [5.74, 6) is 1.03. The minimum atomic E-state index is -3.47. The van der Waals surface area contributed by atoms with Crippen LogP contribution in [0, 0.1) is 0 Å². The lowest BCUT2D eigenvalue weighted by Crippen LogP contribution is -2.18. The maximum Gasteiger partial charge on any atom is 0.240 e. The first-order valence-corrected chi connectivity index (χ1v) is 10.6. The van der Waals surface area contributed by atoms with Gasteiger partial charge in [0, 0.05) is 0 Å². The number of hydrogen-bond acceptors (Lipinski definition) is 6. The Balaban J connectivity index is 1.84. The first kappa shape index (κ1) is 20.2. The molecule has 0 amide bonds. The summed E-state index contributed by atoms with van der Waals surface area (Å²) in [4.78, 5) is 0.306. The van der Waals surface area contributed by atoms with Gasteiger partial charge in [0.1, 0.15) is 24.7 Å². The third kappa shape index (κ3) is 5.18. The van der Waals surface area contributed by atoms with E-state index >= 15 is 0 Å². The highest BCUT2D eigenvalue weighted by Gasteiger charge is 2.11. The van der Waals surface area contributed by atoms with Gasteiger partial charge in [0.2, 0.25) is 20.0 Å². The van der Waals surface area contributed by atoms with Gasteiger partial charge in [0.25, 0.3) is 0 Å². The Morgan fingerprint density at radius 1 is 0.654 bits per heavy atom. The maximum atomic E-state index is 11.6. The standard InChI is InChI=1S/C16H20N2O6S2/c1-17-25(19,20)15-7-3-13(4-8-15)23-11-12-24-14-5-9-16(10-6-14)26(21,22)18-2/h3-10,17-18H,11-12H2,1-2H3. The second-order valence-corrected chi connectivity index (χ2v) is 8.83. The van der Waals surface area contributed by atoms with Crippen molar-refractivity contribution in [2.24, 2.45) is 0 Å². The Morgan fingerprint density at radius 2 is 0.962 bits per heavy atom. The topological polar surface area (TPSA) is 111 Å². The first-order valence-electron chi connectivity index (χ1n) is 7.61. The molecule has 2 aromatic carbocycles. The van der Waals surface area contributed by atoms with Crippen LogP contribution in [0.5, 0.6) is 11.5 Å². The largest absolute Gasteiger partial charge is 0.490 e. The van der Waals surface area contributed by atoms with Crippen LogP contribution in [0.25, 0.3) is 0 Å². The van der Waals surface area contributed by atoms with Crippen LogP contribution < -0.4 is 18.9 Å². The van der Waals surface area contributed by atoms with Crippen molar-refractivity contribution in [3.63, 3.8) is 0 Å². The van der Waals surface area contributed by atoms with Crippen molar-refractivity contribution < 1.29 is 26.3 Å². The lowest BCUT2D eigenvalue weighted by Gasteiger charge is -2.10. The molecule has 2 aromatic rings. The van der Waals surface area contributed by atoms with Gasteiger partial charge in [-0.15, -0.1) is 0 Å². The quantitative estimate of drug-likeness (QED) is 0.607. The number of benzene rings is 2. The molecule has 0 atom stereocenters. The Hall–Kier alpha value is -2.14. The molecule has 0 radical (unpaired) electrons. The molecule has 0 heterocycles. The Morgan fingerprint density at radius 3 is 1.23 bits per heavy atom. The van der Waals surface area contributed by atoms with Crippen LogP contribution in [0.15, 0.2) is 58.3 Å². The highest BCUT2D eigenvalue weighted by Crippen LogP contribution is 2.17. The Kier molecular flexibility index (Phi) is 6.59. The van der Waals surface area contributed by atoms with E-state index in [4.69, 9.17) is 9.47 Å². The normalized spacial score (nSPS) is 11.9. The minimum absolute atomic E-state index is 0.153. The molecule has 142 valence electrons. The molecular weight excluding hydrogens is 380 g/mol. The molecule has 0 saturated carbocycles. The SMILES string of the molecule is CNS(=O)(=O)c1ccc(OCCOc2ccc(S(=O)(=O)NC)cc2)cc1. The molecule has 0 fully saturated rings. The molecule has 0 spiro atoms. The zero-order valence-electron chi connectivity index (χ0n) is 14.3.